The lowest BCUT2D eigenvalue weighted by molar-refractivity contribution is 0.325. The molecule has 0 aliphatic rings. The van der Waals surface area contributed by atoms with Gasteiger partial charge in [0.25, 0.3) is 0 Å². The number of nitrogens with two attached hydrogens (primary N) is 1. The monoisotopic (exact) mass is 189 g/mol. The molecule has 0 aliphatic carbocycles. The Morgan fingerprint density at radius 1 is 1.43 bits per heavy atom. The SMILES string of the molecule is CC#CCCOc1cc(N)ccc1C. The largest absolute Gasteiger partial charge is 0.492 e. The molecule has 0 amide bonds. The van der Waals surface area contributed by atoms with Crippen molar-refractivity contribution in [2.24, 2.45) is 0 Å². The van der Waals surface area contributed by atoms with Gasteiger partial charge in [0.05, 0.1) is 6.61 Å². The molecule has 74 valence electrons. The third kappa shape index (κ3) is 3.02. The van der Waals surface area contributed by atoms with Crippen LogP contribution < -0.4 is 10.5 Å². The van der Waals surface area contributed by atoms with Crippen molar-refractivity contribution in [3.05, 3.63) is 23.8 Å². The summed E-state index contributed by atoms with van der Waals surface area (Å²) in [7, 11) is 0. The summed E-state index contributed by atoms with van der Waals surface area (Å²) in [5.74, 6) is 6.62. The number of ether oxygens (including phenoxy) is 1. The molecule has 0 spiro atoms. The van der Waals surface area contributed by atoms with Crippen LogP contribution in [0.25, 0.3) is 0 Å². The van der Waals surface area contributed by atoms with Crippen LogP contribution in [0.3, 0.4) is 0 Å². The van der Waals surface area contributed by atoms with Gasteiger partial charge in [0.2, 0.25) is 0 Å². The smallest absolute Gasteiger partial charge is 0.124 e. The van der Waals surface area contributed by atoms with Gasteiger partial charge in [0.1, 0.15) is 5.75 Å². The van der Waals surface area contributed by atoms with E-state index in [0.717, 1.165) is 23.4 Å². The van der Waals surface area contributed by atoms with Crippen molar-refractivity contribution in [2.75, 3.05) is 12.3 Å². The third-order valence-electron chi connectivity index (χ3n) is 1.87. The first-order valence-corrected chi connectivity index (χ1v) is 4.62. The van der Waals surface area contributed by atoms with E-state index in [0.29, 0.717) is 6.61 Å². The molecule has 0 atom stereocenters. The van der Waals surface area contributed by atoms with Crippen LogP contribution in [0.1, 0.15) is 18.9 Å². The summed E-state index contributed by atoms with van der Waals surface area (Å²) in [6.45, 7) is 4.44. The number of benzene rings is 1. The van der Waals surface area contributed by atoms with Crippen LogP contribution in [-0.2, 0) is 0 Å². The minimum atomic E-state index is 0.616. The molecule has 1 aromatic rings. The average molecular weight is 189 g/mol. The lowest BCUT2D eigenvalue weighted by atomic mass is 10.2. The topological polar surface area (TPSA) is 35.2 Å². The predicted molar refractivity (Wildman–Crippen MR) is 59.2 cm³/mol. The molecule has 0 unspecified atom stereocenters. The fraction of sp³-hybridized carbons (Fsp3) is 0.333. The summed E-state index contributed by atoms with van der Waals surface area (Å²) in [6.07, 6.45) is 0.755. The zero-order valence-electron chi connectivity index (χ0n) is 8.63. The second-order valence-electron chi connectivity index (χ2n) is 3.05. The van der Waals surface area contributed by atoms with Crippen molar-refractivity contribution in [1.82, 2.24) is 0 Å². The maximum Gasteiger partial charge on any atom is 0.124 e. The summed E-state index contributed by atoms with van der Waals surface area (Å²) in [4.78, 5) is 0. The van der Waals surface area contributed by atoms with E-state index in [1.54, 1.807) is 0 Å². The first-order chi connectivity index (χ1) is 6.74. The van der Waals surface area contributed by atoms with Gasteiger partial charge in [-0.25, -0.2) is 0 Å². The molecule has 14 heavy (non-hydrogen) atoms. The first kappa shape index (κ1) is 10.5. The van der Waals surface area contributed by atoms with Crippen LogP contribution in [0.5, 0.6) is 5.75 Å². The van der Waals surface area contributed by atoms with Crippen molar-refractivity contribution >= 4 is 5.69 Å². The van der Waals surface area contributed by atoms with E-state index in [1.807, 2.05) is 32.0 Å². The second kappa shape index (κ2) is 5.18. The fourth-order valence-corrected chi connectivity index (χ4v) is 1.11. The lowest BCUT2D eigenvalue weighted by Crippen LogP contribution is -1.98. The molecule has 0 heterocycles. The van der Waals surface area contributed by atoms with E-state index >= 15 is 0 Å². The van der Waals surface area contributed by atoms with Crippen LogP contribution in [0.4, 0.5) is 5.69 Å². The van der Waals surface area contributed by atoms with Crippen molar-refractivity contribution in [3.8, 4) is 17.6 Å². The Labute approximate surface area is 85.1 Å². The zero-order chi connectivity index (χ0) is 10.4. The number of hydrogen-bond acceptors (Lipinski definition) is 2. The van der Waals surface area contributed by atoms with E-state index in [1.165, 1.54) is 0 Å². The Hall–Kier alpha value is -1.62. The Morgan fingerprint density at radius 2 is 2.21 bits per heavy atom. The molecule has 0 saturated heterocycles. The van der Waals surface area contributed by atoms with Gasteiger partial charge in [-0.2, -0.15) is 0 Å². The molecule has 1 aromatic carbocycles. The first-order valence-electron chi connectivity index (χ1n) is 4.62. The molecule has 0 saturated carbocycles. The summed E-state index contributed by atoms with van der Waals surface area (Å²) in [5.41, 5.74) is 7.48. The quantitative estimate of drug-likeness (QED) is 0.450. The highest BCUT2D eigenvalue weighted by Crippen LogP contribution is 2.20. The molecule has 0 bridgehead atoms. The number of nitrogen functional groups attached to an aromatic ring is 1. The Bertz CT molecular complexity index is 360. The van der Waals surface area contributed by atoms with E-state index in [2.05, 4.69) is 11.8 Å². The summed E-state index contributed by atoms with van der Waals surface area (Å²) in [5, 5.41) is 0. The molecule has 2 nitrogen and oxygen atoms in total. The molecule has 2 heteroatoms. The maximum atomic E-state index is 5.65. The molecule has 0 aliphatic heterocycles. The number of anilines is 1. The van der Waals surface area contributed by atoms with E-state index in [9.17, 15) is 0 Å². The number of rotatable bonds is 3. The van der Waals surface area contributed by atoms with Gasteiger partial charge in [-0.15, -0.1) is 11.8 Å². The minimum absolute atomic E-state index is 0.616. The third-order valence-corrected chi connectivity index (χ3v) is 1.87. The summed E-state index contributed by atoms with van der Waals surface area (Å²) < 4.78 is 5.54. The molecule has 0 aromatic heterocycles. The highest BCUT2D eigenvalue weighted by Gasteiger charge is 1.98. The highest BCUT2D eigenvalue weighted by atomic mass is 16.5. The molecule has 2 N–H and O–H groups in total. The average Bonchev–Trinajstić information content (AvgIpc) is 2.18. The molecule has 0 fully saturated rings. The normalized spacial score (nSPS) is 9.00. The zero-order valence-corrected chi connectivity index (χ0v) is 8.63. The van der Waals surface area contributed by atoms with E-state index in [4.69, 9.17) is 10.5 Å². The Kier molecular flexibility index (Phi) is 3.87. The fourth-order valence-electron chi connectivity index (χ4n) is 1.11. The Morgan fingerprint density at radius 3 is 2.93 bits per heavy atom. The van der Waals surface area contributed by atoms with Crippen molar-refractivity contribution in [1.29, 1.82) is 0 Å². The van der Waals surface area contributed by atoms with Gasteiger partial charge >= 0.3 is 0 Å². The van der Waals surface area contributed by atoms with Gasteiger partial charge in [-0.05, 0) is 25.5 Å². The standard InChI is InChI=1S/C12H15NO/c1-3-4-5-8-14-12-9-11(13)7-6-10(12)2/h6-7,9H,5,8,13H2,1-2H3. The van der Waals surface area contributed by atoms with Gasteiger partial charge in [-0.1, -0.05) is 6.07 Å². The minimum Gasteiger partial charge on any atom is -0.492 e. The van der Waals surface area contributed by atoms with Crippen LogP contribution >= 0.6 is 0 Å². The molecular weight excluding hydrogens is 174 g/mol. The number of hydrogen-bond donors (Lipinski definition) is 1. The van der Waals surface area contributed by atoms with Crippen molar-refractivity contribution < 1.29 is 4.74 Å². The summed E-state index contributed by atoms with van der Waals surface area (Å²) >= 11 is 0. The lowest BCUT2D eigenvalue weighted by Gasteiger charge is -2.07. The Balaban J connectivity index is 2.56. The molecule has 0 radical (unpaired) electrons. The van der Waals surface area contributed by atoms with Crippen molar-refractivity contribution in [2.45, 2.75) is 20.3 Å². The highest BCUT2D eigenvalue weighted by molar-refractivity contribution is 5.47. The van der Waals surface area contributed by atoms with Gasteiger partial charge < -0.3 is 10.5 Å². The van der Waals surface area contributed by atoms with E-state index in [-0.39, 0.29) is 0 Å². The van der Waals surface area contributed by atoms with Crippen LogP contribution in [0, 0.1) is 18.8 Å². The van der Waals surface area contributed by atoms with Gasteiger partial charge in [0.15, 0.2) is 0 Å². The van der Waals surface area contributed by atoms with Crippen molar-refractivity contribution in [3.63, 3.8) is 0 Å². The van der Waals surface area contributed by atoms with E-state index < -0.39 is 0 Å². The van der Waals surface area contributed by atoms with Crippen LogP contribution in [0.15, 0.2) is 18.2 Å². The molecule has 1 rings (SSSR count). The molecular formula is C12H15NO. The summed E-state index contributed by atoms with van der Waals surface area (Å²) in [6, 6.07) is 5.67. The van der Waals surface area contributed by atoms with Gasteiger partial charge in [-0.3, -0.25) is 0 Å². The number of aryl methyl sites for hydroxylation is 1. The van der Waals surface area contributed by atoms with Gasteiger partial charge in [0, 0.05) is 18.2 Å². The predicted octanol–water partition coefficient (Wildman–Crippen LogP) is 2.37. The van der Waals surface area contributed by atoms with Crippen LogP contribution in [-0.4, -0.2) is 6.61 Å². The maximum absolute atomic E-state index is 5.65. The van der Waals surface area contributed by atoms with Crippen LogP contribution in [0.2, 0.25) is 0 Å². The second-order valence-corrected chi connectivity index (χ2v) is 3.05.